The van der Waals surface area contributed by atoms with Gasteiger partial charge in [0, 0.05) is 37.8 Å². The van der Waals surface area contributed by atoms with E-state index < -0.39 is 0 Å². The largest absolute Gasteiger partial charge is 0.497 e. The van der Waals surface area contributed by atoms with Crippen molar-refractivity contribution in [3.8, 4) is 5.75 Å². The highest BCUT2D eigenvalue weighted by Gasteiger charge is 2.25. The number of urea groups is 1. The summed E-state index contributed by atoms with van der Waals surface area (Å²) >= 11 is 0. The number of benzene rings is 1. The van der Waals surface area contributed by atoms with Gasteiger partial charge in [-0.05, 0) is 51.0 Å². The quantitative estimate of drug-likeness (QED) is 0.900. The molecule has 0 bridgehead atoms. The number of amides is 3. The number of carbonyl (C=O) groups is 2. The molecule has 0 saturated carbocycles. The fourth-order valence-corrected chi connectivity index (χ4v) is 2.92. The van der Waals surface area contributed by atoms with Crippen molar-refractivity contribution in [3.05, 3.63) is 29.8 Å². The van der Waals surface area contributed by atoms with Crippen LogP contribution in [0.1, 0.15) is 37.0 Å². The van der Waals surface area contributed by atoms with Crippen molar-refractivity contribution in [1.82, 2.24) is 15.1 Å². The summed E-state index contributed by atoms with van der Waals surface area (Å²) in [6, 6.07) is 7.29. The number of nitrogens with one attached hydrogen (secondary N) is 1. The number of rotatable bonds is 5. The third-order valence-electron chi connectivity index (χ3n) is 4.50. The maximum Gasteiger partial charge on any atom is 0.317 e. The summed E-state index contributed by atoms with van der Waals surface area (Å²) in [6.07, 6.45) is 1.57. The Balaban J connectivity index is 1.85. The summed E-state index contributed by atoms with van der Waals surface area (Å²) in [6.45, 7) is 6.68. The summed E-state index contributed by atoms with van der Waals surface area (Å²) < 4.78 is 5.11. The lowest BCUT2D eigenvalue weighted by Crippen LogP contribution is -2.50. The number of hydrogen-bond acceptors (Lipinski definition) is 3. The van der Waals surface area contributed by atoms with E-state index in [4.69, 9.17) is 4.74 Å². The highest BCUT2D eigenvalue weighted by atomic mass is 16.5. The van der Waals surface area contributed by atoms with Crippen LogP contribution in [0.25, 0.3) is 0 Å². The normalized spacial score (nSPS) is 15.0. The number of ether oxygens (including phenoxy) is 1. The first-order chi connectivity index (χ1) is 11.6. The minimum Gasteiger partial charge on any atom is -0.497 e. The molecule has 1 aliphatic rings. The Morgan fingerprint density at radius 3 is 2.25 bits per heavy atom. The van der Waals surface area contributed by atoms with Crippen molar-refractivity contribution in [2.24, 2.45) is 0 Å². The molecule has 2 rings (SSSR count). The van der Waals surface area contributed by atoms with E-state index >= 15 is 0 Å². The smallest absolute Gasteiger partial charge is 0.317 e. The number of nitrogens with zero attached hydrogens (tertiary/aromatic N) is 2. The topological polar surface area (TPSA) is 61.9 Å². The van der Waals surface area contributed by atoms with E-state index in [1.165, 1.54) is 0 Å². The number of methoxy groups -OCH3 is 1. The molecule has 0 spiro atoms. The standard InChI is InChI=1S/C18H27N3O3/c1-4-20(5-2)18(23)19-15-10-12-21(13-11-15)17(22)14-6-8-16(24-3)9-7-14/h6-9,15H,4-5,10-13H2,1-3H3,(H,19,23). The van der Waals surface area contributed by atoms with E-state index in [2.05, 4.69) is 5.32 Å². The molecule has 3 amide bonds. The van der Waals surface area contributed by atoms with Crippen molar-refractivity contribution in [1.29, 1.82) is 0 Å². The van der Waals surface area contributed by atoms with Gasteiger partial charge < -0.3 is 19.9 Å². The number of hydrogen-bond donors (Lipinski definition) is 1. The molecule has 1 aromatic carbocycles. The second-order valence-corrected chi connectivity index (χ2v) is 5.92. The average Bonchev–Trinajstić information content (AvgIpc) is 2.63. The summed E-state index contributed by atoms with van der Waals surface area (Å²) in [5.74, 6) is 0.774. The van der Waals surface area contributed by atoms with Crippen LogP contribution < -0.4 is 10.1 Å². The van der Waals surface area contributed by atoms with Crippen LogP contribution >= 0.6 is 0 Å². The maximum atomic E-state index is 12.5. The molecule has 24 heavy (non-hydrogen) atoms. The monoisotopic (exact) mass is 333 g/mol. The fraction of sp³-hybridized carbons (Fsp3) is 0.556. The molecule has 0 aliphatic carbocycles. The zero-order valence-electron chi connectivity index (χ0n) is 14.7. The third kappa shape index (κ3) is 4.40. The second kappa shape index (κ2) is 8.57. The van der Waals surface area contributed by atoms with Crippen molar-refractivity contribution in [2.75, 3.05) is 33.3 Å². The summed E-state index contributed by atoms with van der Waals surface area (Å²) in [7, 11) is 1.61. The van der Waals surface area contributed by atoms with E-state index in [9.17, 15) is 9.59 Å². The van der Waals surface area contributed by atoms with Gasteiger partial charge in [-0.15, -0.1) is 0 Å². The van der Waals surface area contributed by atoms with Gasteiger partial charge in [-0.3, -0.25) is 4.79 Å². The van der Waals surface area contributed by atoms with Crippen LogP contribution in [0, 0.1) is 0 Å². The lowest BCUT2D eigenvalue weighted by Gasteiger charge is -2.33. The minimum absolute atomic E-state index is 0.0140. The van der Waals surface area contributed by atoms with E-state index in [1.807, 2.05) is 18.7 Å². The third-order valence-corrected chi connectivity index (χ3v) is 4.50. The van der Waals surface area contributed by atoms with Crippen LogP contribution in [0.3, 0.4) is 0 Å². The molecule has 0 radical (unpaired) electrons. The Labute approximate surface area is 143 Å². The van der Waals surface area contributed by atoms with Crippen molar-refractivity contribution >= 4 is 11.9 Å². The number of piperidine rings is 1. The highest BCUT2D eigenvalue weighted by molar-refractivity contribution is 5.94. The predicted molar refractivity (Wildman–Crippen MR) is 93.4 cm³/mol. The van der Waals surface area contributed by atoms with Crippen LogP contribution in [0.5, 0.6) is 5.75 Å². The van der Waals surface area contributed by atoms with Gasteiger partial charge in [0.15, 0.2) is 0 Å². The Hall–Kier alpha value is -2.24. The van der Waals surface area contributed by atoms with Gasteiger partial charge in [-0.25, -0.2) is 4.79 Å². The molecule has 1 fully saturated rings. The van der Waals surface area contributed by atoms with Gasteiger partial charge in [-0.1, -0.05) is 0 Å². The summed E-state index contributed by atoms with van der Waals surface area (Å²) in [5, 5.41) is 3.07. The molecule has 1 saturated heterocycles. The van der Waals surface area contributed by atoms with Gasteiger partial charge in [0.1, 0.15) is 5.75 Å². The first kappa shape index (κ1) is 18.1. The van der Waals surface area contributed by atoms with Gasteiger partial charge >= 0.3 is 6.03 Å². The second-order valence-electron chi connectivity index (χ2n) is 5.92. The van der Waals surface area contributed by atoms with Crippen LogP contribution in [0.15, 0.2) is 24.3 Å². The number of likely N-dealkylation sites (tertiary alicyclic amines) is 1. The first-order valence-corrected chi connectivity index (χ1v) is 8.57. The maximum absolute atomic E-state index is 12.5. The van der Waals surface area contributed by atoms with Gasteiger partial charge in [0.05, 0.1) is 7.11 Å². The van der Waals surface area contributed by atoms with Gasteiger partial charge in [-0.2, -0.15) is 0 Å². The van der Waals surface area contributed by atoms with E-state index in [1.54, 1.807) is 36.3 Å². The highest BCUT2D eigenvalue weighted by Crippen LogP contribution is 2.17. The molecule has 0 atom stereocenters. The Kier molecular flexibility index (Phi) is 6.46. The lowest BCUT2D eigenvalue weighted by molar-refractivity contribution is 0.0706. The molecule has 132 valence electrons. The van der Waals surface area contributed by atoms with Crippen LogP contribution in [-0.4, -0.2) is 61.1 Å². The van der Waals surface area contributed by atoms with E-state index in [-0.39, 0.29) is 18.0 Å². The Morgan fingerprint density at radius 2 is 1.75 bits per heavy atom. The van der Waals surface area contributed by atoms with Crippen molar-refractivity contribution < 1.29 is 14.3 Å². The van der Waals surface area contributed by atoms with E-state index in [0.717, 1.165) is 18.6 Å². The van der Waals surface area contributed by atoms with E-state index in [0.29, 0.717) is 31.7 Å². The Morgan fingerprint density at radius 1 is 1.17 bits per heavy atom. The molecule has 0 unspecified atom stereocenters. The fourth-order valence-electron chi connectivity index (χ4n) is 2.92. The van der Waals surface area contributed by atoms with Crippen molar-refractivity contribution in [3.63, 3.8) is 0 Å². The molecule has 1 aromatic rings. The Bertz CT molecular complexity index is 547. The molecule has 6 heteroatoms. The molecular formula is C18H27N3O3. The SMILES string of the molecule is CCN(CC)C(=O)NC1CCN(C(=O)c2ccc(OC)cc2)CC1. The molecule has 0 aromatic heterocycles. The van der Waals surface area contributed by atoms with Crippen molar-refractivity contribution in [2.45, 2.75) is 32.7 Å². The van der Waals surface area contributed by atoms with Gasteiger partial charge in [0.2, 0.25) is 0 Å². The lowest BCUT2D eigenvalue weighted by atomic mass is 10.0. The van der Waals surface area contributed by atoms with Gasteiger partial charge in [0.25, 0.3) is 5.91 Å². The van der Waals surface area contributed by atoms with Crippen LogP contribution in [-0.2, 0) is 0 Å². The minimum atomic E-state index is -0.0140. The zero-order chi connectivity index (χ0) is 17.5. The predicted octanol–water partition coefficient (Wildman–Crippen LogP) is 2.35. The zero-order valence-corrected chi connectivity index (χ0v) is 14.7. The number of carbonyl (C=O) groups excluding carboxylic acids is 2. The first-order valence-electron chi connectivity index (χ1n) is 8.57. The molecular weight excluding hydrogens is 306 g/mol. The molecule has 1 N–H and O–H groups in total. The average molecular weight is 333 g/mol. The van der Waals surface area contributed by atoms with Crippen LogP contribution in [0.2, 0.25) is 0 Å². The molecule has 1 aliphatic heterocycles. The molecule has 1 heterocycles. The van der Waals surface area contributed by atoms with Crippen LogP contribution in [0.4, 0.5) is 4.79 Å². The summed E-state index contributed by atoms with van der Waals surface area (Å²) in [4.78, 5) is 28.2. The molecule has 6 nitrogen and oxygen atoms in total. The summed E-state index contributed by atoms with van der Waals surface area (Å²) in [5.41, 5.74) is 0.668.